The van der Waals surface area contributed by atoms with Crippen molar-refractivity contribution < 1.29 is 18.3 Å². The Morgan fingerprint density at radius 2 is 2.22 bits per heavy atom. The van der Waals surface area contributed by atoms with Crippen LogP contribution in [0.2, 0.25) is 0 Å². The van der Waals surface area contributed by atoms with E-state index in [-0.39, 0.29) is 0 Å². The molecular formula is C4H3ClF2O2. The summed E-state index contributed by atoms with van der Waals surface area (Å²) in [4.78, 5) is 9.92. The predicted molar refractivity (Wildman–Crippen MR) is 27.1 cm³/mol. The van der Waals surface area contributed by atoms with Crippen molar-refractivity contribution in [2.24, 2.45) is 0 Å². The maximum atomic E-state index is 11.4. The summed E-state index contributed by atoms with van der Waals surface area (Å²) in [6, 6.07) is 0. The maximum Gasteiger partial charge on any atom is 0.489 e. The van der Waals surface area contributed by atoms with Crippen molar-refractivity contribution in [3.05, 3.63) is 12.7 Å². The molecule has 0 bridgehead atoms. The van der Waals surface area contributed by atoms with E-state index in [9.17, 15) is 13.6 Å². The monoisotopic (exact) mass is 156 g/mol. The van der Waals surface area contributed by atoms with Gasteiger partial charge in [-0.05, 0) is 0 Å². The summed E-state index contributed by atoms with van der Waals surface area (Å²) >= 11 is 4.18. The van der Waals surface area contributed by atoms with Crippen LogP contribution >= 0.6 is 11.6 Å². The summed E-state index contributed by atoms with van der Waals surface area (Å²) in [6.45, 7) is 2.88. The molecule has 0 unspecified atom stereocenters. The highest BCUT2D eigenvalue weighted by atomic mass is 35.5. The number of hydrogen-bond donors (Lipinski definition) is 0. The summed E-state index contributed by atoms with van der Waals surface area (Å²) in [7, 11) is 0. The van der Waals surface area contributed by atoms with Gasteiger partial charge in [0.1, 0.15) is 0 Å². The molecule has 0 aliphatic heterocycles. The third kappa shape index (κ3) is 5.23. The summed E-state index contributed by atoms with van der Waals surface area (Å²) in [5, 5.41) is 0. The number of alkyl halides is 3. The molecule has 0 atom stereocenters. The highest BCUT2D eigenvalue weighted by Gasteiger charge is 2.29. The fraction of sp³-hybridized carbons (Fsp3) is 0.250. The third-order valence-electron chi connectivity index (χ3n) is 0.383. The van der Waals surface area contributed by atoms with E-state index in [4.69, 9.17) is 0 Å². The van der Waals surface area contributed by atoms with Gasteiger partial charge in [-0.25, -0.2) is 4.79 Å². The van der Waals surface area contributed by atoms with Crippen LogP contribution in [-0.2, 0) is 9.53 Å². The van der Waals surface area contributed by atoms with Crippen LogP contribution in [0.25, 0.3) is 0 Å². The first-order valence-electron chi connectivity index (χ1n) is 1.88. The van der Waals surface area contributed by atoms with Gasteiger partial charge in [-0.2, -0.15) is 0 Å². The van der Waals surface area contributed by atoms with E-state index >= 15 is 0 Å². The lowest BCUT2D eigenvalue weighted by Gasteiger charge is -2.04. The molecule has 0 saturated heterocycles. The second kappa shape index (κ2) is 2.77. The van der Waals surface area contributed by atoms with Gasteiger partial charge in [0.25, 0.3) is 0 Å². The smallest absolute Gasteiger partial charge is 0.384 e. The van der Waals surface area contributed by atoms with Gasteiger partial charge in [0.15, 0.2) is 0 Å². The lowest BCUT2D eigenvalue weighted by atomic mass is 10.7. The normalized spacial score (nSPS) is 10.6. The molecule has 0 N–H and O–H groups in total. The number of hydrogen-bond acceptors (Lipinski definition) is 2. The zero-order valence-electron chi connectivity index (χ0n) is 4.23. The molecule has 0 heterocycles. The van der Waals surface area contributed by atoms with Crippen LogP contribution in [0.4, 0.5) is 8.78 Å². The summed E-state index contributed by atoms with van der Waals surface area (Å²) in [5.41, 5.74) is -3.93. The van der Waals surface area contributed by atoms with Gasteiger partial charge in [0.05, 0.1) is 0 Å². The van der Waals surface area contributed by atoms with Gasteiger partial charge in [-0.15, -0.1) is 8.78 Å². The summed E-state index contributed by atoms with van der Waals surface area (Å²) in [6.07, 6.45) is 0.594. The second-order valence-electron chi connectivity index (χ2n) is 1.07. The molecule has 0 aromatic heterocycles. The van der Waals surface area contributed by atoms with Crippen molar-refractivity contribution in [3.8, 4) is 0 Å². The Morgan fingerprint density at radius 3 is 2.33 bits per heavy atom. The Bertz CT molecular complexity index is 129. The topological polar surface area (TPSA) is 26.3 Å². The van der Waals surface area contributed by atoms with Gasteiger partial charge < -0.3 is 4.74 Å². The largest absolute Gasteiger partial charge is 0.489 e. The quantitative estimate of drug-likeness (QED) is 0.344. The number of carbonyl (C=O) groups excluding carboxylic acids is 1. The Morgan fingerprint density at radius 1 is 1.78 bits per heavy atom. The highest BCUT2D eigenvalue weighted by molar-refractivity contribution is 6.21. The van der Waals surface area contributed by atoms with Crippen molar-refractivity contribution in [2.75, 3.05) is 0 Å². The van der Waals surface area contributed by atoms with Gasteiger partial charge >= 0.3 is 11.5 Å². The van der Waals surface area contributed by atoms with Crippen LogP contribution < -0.4 is 0 Å². The fourth-order valence-corrected chi connectivity index (χ4v) is 0.232. The minimum absolute atomic E-state index is 0.594. The van der Waals surface area contributed by atoms with Gasteiger partial charge in [0.2, 0.25) is 0 Å². The van der Waals surface area contributed by atoms with Gasteiger partial charge in [-0.3, -0.25) is 0 Å². The van der Waals surface area contributed by atoms with Crippen LogP contribution in [0, 0.1) is 0 Å². The number of carbonyl (C=O) groups is 1. The number of rotatable bonds is 2. The number of halogens is 3. The van der Waals surface area contributed by atoms with E-state index in [1.165, 1.54) is 0 Å². The summed E-state index contributed by atoms with van der Waals surface area (Å²) in [5.74, 6) is -1.25. The number of esters is 1. The molecule has 0 fully saturated rings. The molecule has 0 spiro atoms. The standard InChI is InChI=1S/C4H3ClF2O2/c1-2-3(8)9-4(5,6)7/h2H,1H2. The number of ether oxygens (including phenoxy) is 1. The SMILES string of the molecule is C=CC(=O)OC(F)(F)Cl. The Hall–Kier alpha value is -0.640. The first-order valence-corrected chi connectivity index (χ1v) is 2.25. The molecule has 5 heteroatoms. The molecule has 0 aromatic rings. The fourth-order valence-electron chi connectivity index (χ4n) is 0.156. The van der Waals surface area contributed by atoms with Crippen LogP contribution in [-0.4, -0.2) is 11.5 Å². The van der Waals surface area contributed by atoms with Crippen molar-refractivity contribution in [3.63, 3.8) is 0 Å². The van der Waals surface area contributed by atoms with Gasteiger partial charge in [0, 0.05) is 17.7 Å². The molecule has 0 amide bonds. The molecule has 0 aliphatic carbocycles. The lowest BCUT2D eigenvalue weighted by Crippen LogP contribution is -2.15. The summed E-state index contributed by atoms with van der Waals surface area (Å²) < 4.78 is 26.1. The van der Waals surface area contributed by atoms with Crippen molar-refractivity contribution in [2.45, 2.75) is 5.57 Å². The molecule has 2 nitrogen and oxygen atoms in total. The maximum absolute atomic E-state index is 11.4. The highest BCUT2D eigenvalue weighted by Crippen LogP contribution is 2.19. The van der Waals surface area contributed by atoms with Gasteiger partial charge in [-0.1, -0.05) is 6.58 Å². The van der Waals surface area contributed by atoms with E-state index < -0.39 is 11.5 Å². The average Bonchev–Trinajstić information content (AvgIpc) is 1.62. The zero-order valence-corrected chi connectivity index (χ0v) is 4.99. The third-order valence-corrected chi connectivity index (χ3v) is 0.460. The minimum Gasteiger partial charge on any atom is -0.384 e. The van der Waals surface area contributed by atoms with Crippen molar-refractivity contribution in [1.29, 1.82) is 0 Å². The van der Waals surface area contributed by atoms with E-state index in [1.807, 2.05) is 0 Å². The first-order chi connectivity index (χ1) is 3.95. The average molecular weight is 157 g/mol. The van der Waals surface area contributed by atoms with Crippen LogP contribution in [0.15, 0.2) is 12.7 Å². The minimum atomic E-state index is -3.93. The van der Waals surface area contributed by atoms with Crippen LogP contribution in [0.3, 0.4) is 0 Å². The van der Waals surface area contributed by atoms with Crippen LogP contribution in [0.1, 0.15) is 0 Å². The van der Waals surface area contributed by atoms with E-state index in [2.05, 4.69) is 22.9 Å². The second-order valence-corrected chi connectivity index (χ2v) is 1.51. The Balaban J connectivity index is 3.74. The van der Waals surface area contributed by atoms with E-state index in [0.29, 0.717) is 6.08 Å². The van der Waals surface area contributed by atoms with E-state index in [0.717, 1.165) is 0 Å². The molecule has 9 heavy (non-hydrogen) atoms. The molecular weight excluding hydrogens is 153 g/mol. The Kier molecular flexibility index (Phi) is 2.58. The van der Waals surface area contributed by atoms with Crippen molar-refractivity contribution in [1.82, 2.24) is 0 Å². The predicted octanol–water partition coefficient (Wildman–Crippen LogP) is 1.50. The molecule has 0 rings (SSSR count). The van der Waals surface area contributed by atoms with Crippen LogP contribution in [0.5, 0.6) is 0 Å². The molecule has 0 saturated carbocycles. The van der Waals surface area contributed by atoms with Crippen molar-refractivity contribution >= 4 is 17.6 Å². The Labute approximate surface area is 55.1 Å². The first kappa shape index (κ1) is 8.36. The molecule has 52 valence electrons. The molecule has 0 aromatic carbocycles. The zero-order chi connectivity index (χ0) is 7.49. The lowest BCUT2D eigenvalue weighted by molar-refractivity contribution is -0.186. The van der Waals surface area contributed by atoms with E-state index in [1.54, 1.807) is 0 Å². The molecule has 0 radical (unpaired) electrons. The molecule has 0 aliphatic rings.